The van der Waals surface area contributed by atoms with Gasteiger partial charge in [0, 0.05) is 26.1 Å². The van der Waals surface area contributed by atoms with Crippen molar-refractivity contribution in [3.05, 3.63) is 0 Å². The molecule has 1 amide bonds. The Morgan fingerprint density at radius 2 is 2.12 bits per heavy atom. The summed E-state index contributed by atoms with van der Waals surface area (Å²) in [7, 11) is 1.93. The number of carbonyl (C=O) groups excluding carboxylic acids is 1. The van der Waals surface area contributed by atoms with Gasteiger partial charge in [0.2, 0.25) is 5.91 Å². The van der Waals surface area contributed by atoms with Crippen LogP contribution in [0, 0.1) is 11.3 Å². The number of carbonyl (C=O) groups is 1. The maximum absolute atomic E-state index is 12.1. The van der Waals surface area contributed by atoms with Gasteiger partial charge in [-0.25, -0.2) is 0 Å². The molecule has 100 valence electrons. The first-order valence-corrected chi connectivity index (χ1v) is 6.78. The maximum Gasteiger partial charge on any atom is 0.222 e. The molecule has 1 heterocycles. The third-order valence-electron chi connectivity index (χ3n) is 4.04. The van der Waals surface area contributed by atoms with Gasteiger partial charge in [0.05, 0.1) is 0 Å². The predicted molar refractivity (Wildman–Crippen MR) is 71.9 cm³/mol. The van der Waals surface area contributed by atoms with Crippen molar-refractivity contribution in [2.24, 2.45) is 11.3 Å². The Hall–Kier alpha value is -0.570. The molecule has 0 bridgehead atoms. The lowest BCUT2D eigenvalue weighted by atomic mass is 9.80. The summed E-state index contributed by atoms with van der Waals surface area (Å²) in [5.41, 5.74) is 0.210. The molecule has 0 radical (unpaired) electrons. The van der Waals surface area contributed by atoms with Crippen LogP contribution in [0.25, 0.3) is 0 Å². The second-order valence-electron chi connectivity index (χ2n) is 6.54. The van der Waals surface area contributed by atoms with Crippen molar-refractivity contribution >= 4 is 5.91 Å². The Balaban J connectivity index is 2.36. The third-order valence-corrected chi connectivity index (χ3v) is 4.04. The highest BCUT2D eigenvalue weighted by atomic mass is 16.2. The lowest BCUT2D eigenvalue weighted by molar-refractivity contribution is -0.131. The molecule has 3 heteroatoms. The van der Waals surface area contributed by atoms with Crippen LogP contribution >= 0.6 is 0 Å². The lowest BCUT2D eigenvalue weighted by Crippen LogP contribution is -2.39. The van der Waals surface area contributed by atoms with E-state index in [1.54, 1.807) is 0 Å². The molecule has 0 spiro atoms. The number of amides is 1. The lowest BCUT2D eigenvalue weighted by Gasteiger charge is -2.29. The van der Waals surface area contributed by atoms with Crippen LogP contribution in [0.15, 0.2) is 0 Å². The number of likely N-dealkylation sites (N-methyl/N-ethyl adjacent to an activating group) is 1. The normalized spacial score (nSPS) is 22.5. The summed E-state index contributed by atoms with van der Waals surface area (Å²) in [5, 5.41) is 3.43. The predicted octanol–water partition coefficient (Wildman–Crippen LogP) is 2.27. The van der Waals surface area contributed by atoms with Gasteiger partial charge in [-0.2, -0.15) is 0 Å². The summed E-state index contributed by atoms with van der Waals surface area (Å²) >= 11 is 0. The van der Waals surface area contributed by atoms with Gasteiger partial charge in [0.1, 0.15) is 0 Å². The fourth-order valence-electron chi connectivity index (χ4n) is 2.07. The monoisotopic (exact) mass is 240 g/mol. The summed E-state index contributed by atoms with van der Waals surface area (Å²) in [5.74, 6) is 0.704. The standard InChI is InChI=1S/C14H28N2O/c1-11(14(2,3)4)9-13(17)16(5)10-12-7-6-8-15-12/h11-12,15H,6-10H2,1-5H3. The van der Waals surface area contributed by atoms with Gasteiger partial charge in [0.25, 0.3) is 0 Å². The first-order valence-electron chi connectivity index (χ1n) is 6.78. The zero-order valence-corrected chi connectivity index (χ0v) is 12.0. The highest BCUT2D eigenvalue weighted by molar-refractivity contribution is 5.76. The molecule has 1 fully saturated rings. The van der Waals surface area contributed by atoms with Crippen LogP contribution in [0.1, 0.15) is 47.0 Å². The molecule has 0 aromatic rings. The Kier molecular flexibility index (Phi) is 4.99. The maximum atomic E-state index is 12.1. The molecule has 1 aliphatic heterocycles. The van der Waals surface area contributed by atoms with E-state index in [0.717, 1.165) is 13.1 Å². The number of hydrogen-bond acceptors (Lipinski definition) is 2. The van der Waals surface area contributed by atoms with Crippen molar-refractivity contribution in [1.82, 2.24) is 10.2 Å². The smallest absolute Gasteiger partial charge is 0.222 e. The van der Waals surface area contributed by atoms with E-state index in [9.17, 15) is 4.79 Å². The number of rotatable bonds is 4. The average molecular weight is 240 g/mol. The Bertz CT molecular complexity index is 251. The van der Waals surface area contributed by atoms with Crippen molar-refractivity contribution in [3.63, 3.8) is 0 Å². The summed E-state index contributed by atoms with van der Waals surface area (Å²) < 4.78 is 0. The van der Waals surface area contributed by atoms with Gasteiger partial charge in [0.15, 0.2) is 0 Å². The minimum absolute atomic E-state index is 0.210. The van der Waals surface area contributed by atoms with E-state index in [0.29, 0.717) is 18.4 Å². The van der Waals surface area contributed by atoms with Crippen molar-refractivity contribution in [2.45, 2.75) is 53.0 Å². The number of nitrogens with zero attached hydrogens (tertiary/aromatic N) is 1. The second kappa shape index (κ2) is 5.85. The SMILES string of the molecule is CC(CC(=O)N(C)CC1CCCN1)C(C)(C)C. The van der Waals surface area contributed by atoms with Gasteiger partial charge < -0.3 is 10.2 Å². The molecule has 0 aliphatic carbocycles. The quantitative estimate of drug-likeness (QED) is 0.817. The van der Waals surface area contributed by atoms with Gasteiger partial charge in [-0.3, -0.25) is 4.79 Å². The molecule has 3 nitrogen and oxygen atoms in total. The van der Waals surface area contributed by atoms with E-state index in [1.807, 2.05) is 11.9 Å². The van der Waals surface area contributed by atoms with Crippen LogP contribution in [0.4, 0.5) is 0 Å². The van der Waals surface area contributed by atoms with Crippen molar-refractivity contribution in [1.29, 1.82) is 0 Å². The van der Waals surface area contributed by atoms with Crippen LogP contribution < -0.4 is 5.32 Å². The third kappa shape index (κ3) is 4.66. The topological polar surface area (TPSA) is 32.3 Å². The van der Waals surface area contributed by atoms with E-state index in [2.05, 4.69) is 33.0 Å². The molecule has 0 saturated carbocycles. The van der Waals surface area contributed by atoms with Gasteiger partial charge in [-0.15, -0.1) is 0 Å². The minimum Gasteiger partial charge on any atom is -0.344 e. The molecule has 1 saturated heterocycles. The van der Waals surface area contributed by atoms with Crippen LogP contribution in [0.3, 0.4) is 0 Å². The molecule has 1 aliphatic rings. The molecule has 0 aromatic heterocycles. The molecule has 1 N–H and O–H groups in total. The van der Waals surface area contributed by atoms with E-state index >= 15 is 0 Å². The highest BCUT2D eigenvalue weighted by Crippen LogP contribution is 2.28. The van der Waals surface area contributed by atoms with E-state index in [4.69, 9.17) is 0 Å². The van der Waals surface area contributed by atoms with E-state index < -0.39 is 0 Å². The zero-order valence-electron chi connectivity index (χ0n) is 12.0. The summed E-state index contributed by atoms with van der Waals surface area (Å²) in [4.78, 5) is 14.0. The first kappa shape index (κ1) is 14.5. The van der Waals surface area contributed by atoms with Crippen LogP contribution in [0.5, 0.6) is 0 Å². The molecule has 0 aromatic carbocycles. The largest absolute Gasteiger partial charge is 0.344 e. The molecule has 17 heavy (non-hydrogen) atoms. The first-order chi connectivity index (χ1) is 7.80. The zero-order chi connectivity index (χ0) is 13.1. The van der Waals surface area contributed by atoms with Crippen LogP contribution in [-0.2, 0) is 4.79 Å². The van der Waals surface area contributed by atoms with Crippen LogP contribution in [-0.4, -0.2) is 37.0 Å². The van der Waals surface area contributed by atoms with Crippen LogP contribution in [0.2, 0.25) is 0 Å². The van der Waals surface area contributed by atoms with Crippen molar-refractivity contribution in [3.8, 4) is 0 Å². The highest BCUT2D eigenvalue weighted by Gasteiger charge is 2.25. The van der Waals surface area contributed by atoms with Crippen molar-refractivity contribution < 1.29 is 4.79 Å². The number of nitrogens with one attached hydrogen (secondary N) is 1. The van der Waals surface area contributed by atoms with Gasteiger partial charge >= 0.3 is 0 Å². The molecule has 2 atom stereocenters. The molecule has 1 rings (SSSR count). The Labute approximate surface area is 106 Å². The summed E-state index contributed by atoms with van der Waals surface area (Å²) in [6.07, 6.45) is 3.10. The Morgan fingerprint density at radius 3 is 2.59 bits per heavy atom. The fraction of sp³-hybridized carbons (Fsp3) is 0.929. The van der Waals surface area contributed by atoms with Gasteiger partial charge in [-0.05, 0) is 30.7 Å². The summed E-state index contributed by atoms with van der Waals surface area (Å²) in [6.45, 7) is 10.7. The van der Waals surface area contributed by atoms with E-state index in [-0.39, 0.29) is 11.3 Å². The van der Waals surface area contributed by atoms with E-state index in [1.165, 1.54) is 12.8 Å². The minimum atomic E-state index is 0.210. The fourth-order valence-corrected chi connectivity index (χ4v) is 2.07. The molecule has 2 unspecified atom stereocenters. The van der Waals surface area contributed by atoms with Crippen molar-refractivity contribution in [2.75, 3.05) is 20.1 Å². The summed E-state index contributed by atoms with van der Waals surface area (Å²) in [6, 6.07) is 0.508. The van der Waals surface area contributed by atoms with Gasteiger partial charge in [-0.1, -0.05) is 27.7 Å². The Morgan fingerprint density at radius 1 is 1.47 bits per heavy atom. The molecular weight excluding hydrogens is 212 g/mol. The molecular formula is C14H28N2O. The second-order valence-corrected chi connectivity index (χ2v) is 6.54. The number of hydrogen-bond donors (Lipinski definition) is 1. The average Bonchev–Trinajstić information content (AvgIpc) is 2.68.